The molecule has 1 aromatic heterocycles. The average molecular weight is 223 g/mol. The Labute approximate surface area is 93.5 Å². The maximum atomic E-state index is 4.11. The predicted octanol–water partition coefficient (Wildman–Crippen LogP) is 2.11. The molecule has 0 unspecified atom stereocenters. The Morgan fingerprint density at radius 3 is 2.00 bits per heavy atom. The van der Waals surface area contributed by atoms with E-state index in [1.807, 2.05) is 13.8 Å². The van der Waals surface area contributed by atoms with Gasteiger partial charge in [0.2, 0.25) is 0 Å². The summed E-state index contributed by atoms with van der Waals surface area (Å²) < 4.78 is 0. The van der Waals surface area contributed by atoms with E-state index >= 15 is 0 Å². The molecule has 1 nitrogen and oxygen atoms in total. The van der Waals surface area contributed by atoms with E-state index in [-0.39, 0.29) is 32.7 Å². The summed E-state index contributed by atoms with van der Waals surface area (Å²) in [6.45, 7) is 8.25. The van der Waals surface area contributed by atoms with E-state index in [1.54, 1.807) is 0 Å². The van der Waals surface area contributed by atoms with Crippen LogP contribution >= 0.6 is 0 Å². The van der Waals surface area contributed by atoms with Crippen molar-refractivity contribution in [2.45, 2.75) is 27.7 Å². The average Bonchev–Trinajstić information content (AvgIpc) is 1.93. The number of pyridine rings is 1. The summed E-state index contributed by atoms with van der Waals surface area (Å²) in [5.41, 5.74) is 4.84. The third kappa shape index (κ3) is 2.35. The molecule has 0 aliphatic carbocycles. The normalized spacial score (nSPS) is 9.09. The molecule has 0 spiro atoms. The maximum absolute atomic E-state index is 4.11. The van der Waals surface area contributed by atoms with Crippen molar-refractivity contribution in [3.63, 3.8) is 0 Å². The van der Waals surface area contributed by atoms with Crippen LogP contribution in [-0.2, 0) is 32.7 Å². The van der Waals surface area contributed by atoms with Gasteiger partial charge in [-0.2, -0.15) is 5.56 Å². The van der Waals surface area contributed by atoms with Gasteiger partial charge in [-0.1, -0.05) is 39.6 Å². The summed E-state index contributed by atoms with van der Waals surface area (Å²) in [4.78, 5) is 4.11. The monoisotopic (exact) mass is 223 g/mol. The zero-order valence-electron chi connectivity index (χ0n) is 7.52. The molecule has 0 aliphatic rings. The van der Waals surface area contributed by atoms with Crippen LogP contribution in [0, 0.1) is 33.9 Å². The van der Waals surface area contributed by atoms with Gasteiger partial charge in [-0.05, 0) is 0 Å². The number of nitrogens with zero attached hydrogens (tertiary/aromatic N) is 1. The first-order valence-corrected chi connectivity index (χ1v) is 3.45. The molecule has 0 atom stereocenters. The smallest absolute Gasteiger partial charge is 0.391 e. The molecule has 1 rings (SSSR count). The van der Waals surface area contributed by atoms with Crippen molar-refractivity contribution in [2.75, 3.05) is 0 Å². The van der Waals surface area contributed by atoms with Crippen LogP contribution in [0.3, 0.4) is 0 Å². The van der Waals surface area contributed by atoms with E-state index in [2.05, 4.69) is 25.0 Å². The van der Waals surface area contributed by atoms with Crippen LogP contribution in [0.4, 0.5) is 0 Å². The fourth-order valence-corrected chi connectivity index (χ4v) is 0.888. The van der Waals surface area contributed by atoms with Crippen LogP contribution in [0.25, 0.3) is 0 Å². The van der Waals surface area contributed by atoms with Crippen LogP contribution in [-0.4, -0.2) is 4.98 Å². The second-order valence-corrected chi connectivity index (χ2v) is 2.68. The van der Waals surface area contributed by atoms with Crippen molar-refractivity contribution in [1.82, 2.24) is 4.98 Å². The molecule has 2 heteroatoms. The zero-order valence-corrected chi connectivity index (χ0v) is 10.4. The Balaban J connectivity index is 0.000001000. The Morgan fingerprint density at radius 1 is 1.00 bits per heavy atom. The molecular weight excluding hydrogens is 211 g/mol. The molecule has 1 heterocycles. The van der Waals surface area contributed by atoms with Crippen LogP contribution in [0.15, 0.2) is 0 Å². The van der Waals surface area contributed by atoms with Gasteiger partial charge in [0, 0.05) is 0 Å². The summed E-state index contributed by atoms with van der Waals surface area (Å²) in [6.07, 6.45) is 2.96. The molecule has 0 bridgehead atoms. The van der Waals surface area contributed by atoms with E-state index in [1.165, 1.54) is 11.1 Å². The quantitative estimate of drug-likeness (QED) is 0.614. The van der Waals surface area contributed by atoms with Crippen LogP contribution in [0.2, 0.25) is 0 Å². The Morgan fingerprint density at radius 2 is 1.55 bits per heavy atom. The van der Waals surface area contributed by atoms with Gasteiger partial charge in [0.25, 0.3) is 0 Å². The summed E-state index contributed by atoms with van der Waals surface area (Å²) in [7, 11) is 0. The van der Waals surface area contributed by atoms with Gasteiger partial charge in [0.05, 0.1) is 0 Å². The Bertz CT molecular complexity index is 229. The van der Waals surface area contributed by atoms with Gasteiger partial charge in [-0.15, -0.1) is 11.1 Å². The first kappa shape index (κ1) is 11.3. The van der Waals surface area contributed by atoms with Crippen LogP contribution < -0.4 is 0 Å². The van der Waals surface area contributed by atoms with Gasteiger partial charge < -0.3 is 4.98 Å². The van der Waals surface area contributed by atoms with Gasteiger partial charge in [0.15, 0.2) is 0 Å². The number of aromatic nitrogens is 1. The standard InChI is InChI=1S/C9H12N.Y/c1-6-5-10-9(4)8(3)7(6)2;/h1-4H3;/q-1;+3. The van der Waals surface area contributed by atoms with Crippen molar-refractivity contribution in [2.24, 2.45) is 0 Å². The second-order valence-electron chi connectivity index (χ2n) is 2.68. The fraction of sp³-hybridized carbons (Fsp3) is 0.444. The van der Waals surface area contributed by atoms with Crippen molar-refractivity contribution in [3.8, 4) is 0 Å². The summed E-state index contributed by atoms with van der Waals surface area (Å²) in [6, 6.07) is 0. The molecule has 1 aromatic rings. The minimum atomic E-state index is 0. The van der Waals surface area contributed by atoms with Crippen molar-refractivity contribution in [1.29, 1.82) is 0 Å². The minimum absolute atomic E-state index is 0. The minimum Gasteiger partial charge on any atom is -0.391 e. The molecule has 0 amide bonds. The summed E-state index contributed by atoms with van der Waals surface area (Å²) in [5, 5.41) is 0. The van der Waals surface area contributed by atoms with Crippen molar-refractivity contribution >= 4 is 0 Å². The molecule has 54 valence electrons. The fourth-order valence-electron chi connectivity index (χ4n) is 0.888. The first-order valence-electron chi connectivity index (χ1n) is 3.45. The SMILES string of the molecule is Cc1[c-]nc(C)c(C)c1C.[Y+3]. The third-order valence-corrected chi connectivity index (χ3v) is 2.06. The molecule has 0 radical (unpaired) electrons. The van der Waals surface area contributed by atoms with Crippen molar-refractivity contribution < 1.29 is 32.7 Å². The largest absolute Gasteiger partial charge is 3.00 e. The van der Waals surface area contributed by atoms with E-state index in [0.717, 1.165) is 11.3 Å². The van der Waals surface area contributed by atoms with E-state index in [9.17, 15) is 0 Å². The van der Waals surface area contributed by atoms with E-state index in [0.29, 0.717) is 0 Å². The number of rotatable bonds is 0. The molecule has 11 heavy (non-hydrogen) atoms. The van der Waals surface area contributed by atoms with Gasteiger partial charge in [0.1, 0.15) is 0 Å². The van der Waals surface area contributed by atoms with E-state index < -0.39 is 0 Å². The number of hydrogen-bond donors (Lipinski definition) is 0. The molecule has 0 aliphatic heterocycles. The third-order valence-electron chi connectivity index (χ3n) is 2.06. The van der Waals surface area contributed by atoms with Gasteiger partial charge >= 0.3 is 32.7 Å². The van der Waals surface area contributed by atoms with Crippen LogP contribution in [0.1, 0.15) is 22.4 Å². The molecular formula is C9H12NY+2. The van der Waals surface area contributed by atoms with Gasteiger partial charge in [-0.25, -0.2) is 0 Å². The molecule has 0 saturated heterocycles. The topological polar surface area (TPSA) is 12.9 Å². The molecule has 0 aromatic carbocycles. The number of aryl methyl sites for hydroxylation is 2. The van der Waals surface area contributed by atoms with Gasteiger partial charge in [-0.3, -0.25) is 0 Å². The molecule has 0 fully saturated rings. The molecule has 0 N–H and O–H groups in total. The Kier molecular flexibility index (Phi) is 4.42. The zero-order chi connectivity index (χ0) is 7.72. The number of hydrogen-bond acceptors (Lipinski definition) is 1. The van der Waals surface area contributed by atoms with Crippen LogP contribution in [0.5, 0.6) is 0 Å². The Hall–Kier alpha value is 0.254. The second kappa shape index (κ2) is 4.32. The molecule has 0 saturated carbocycles. The maximum Gasteiger partial charge on any atom is 3.00 e. The predicted molar refractivity (Wildman–Crippen MR) is 42.0 cm³/mol. The first-order chi connectivity index (χ1) is 4.63. The van der Waals surface area contributed by atoms with Crippen molar-refractivity contribution in [3.05, 3.63) is 28.6 Å². The summed E-state index contributed by atoms with van der Waals surface area (Å²) in [5.74, 6) is 0. The summed E-state index contributed by atoms with van der Waals surface area (Å²) >= 11 is 0. The van der Waals surface area contributed by atoms with E-state index in [4.69, 9.17) is 0 Å².